The second kappa shape index (κ2) is 6.47. The van der Waals surface area contributed by atoms with Gasteiger partial charge in [0, 0.05) is 11.5 Å². The minimum absolute atomic E-state index is 0.155. The quantitative estimate of drug-likeness (QED) is 0.880. The molecule has 0 amide bonds. The number of aromatic nitrogens is 2. The third-order valence-corrected chi connectivity index (χ3v) is 3.11. The van der Waals surface area contributed by atoms with Gasteiger partial charge in [-0.15, -0.1) is 0 Å². The number of methoxy groups -OCH3 is 1. The van der Waals surface area contributed by atoms with Crippen molar-refractivity contribution < 1.29 is 13.7 Å². The molecule has 0 aliphatic carbocycles. The van der Waals surface area contributed by atoms with Crippen LogP contribution in [0.25, 0.3) is 11.4 Å². The van der Waals surface area contributed by atoms with Crippen LogP contribution in [0.3, 0.4) is 0 Å². The summed E-state index contributed by atoms with van der Waals surface area (Å²) in [6.07, 6.45) is 1.80. The molecule has 2 N–H and O–H groups in total. The fourth-order valence-electron chi connectivity index (χ4n) is 1.90. The Morgan fingerprint density at radius 1 is 1.45 bits per heavy atom. The van der Waals surface area contributed by atoms with Crippen molar-refractivity contribution in [3.63, 3.8) is 0 Å². The minimum Gasteiger partial charge on any atom is -0.494 e. The van der Waals surface area contributed by atoms with Crippen LogP contribution in [-0.2, 0) is 0 Å². The Labute approximate surface area is 116 Å². The van der Waals surface area contributed by atoms with Crippen molar-refractivity contribution in [2.24, 2.45) is 5.73 Å². The molecular formula is C14H18FN3O2. The van der Waals surface area contributed by atoms with E-state index in [0.717, 1.165) is 12.8 Å². The SMILES string of the molecule is COc1cc(-c2noc(C(C)CCCN)n2)ccc1F. The van der Waals surface area contributed by atoms with Crippen molar-refractivity contribution in [1.82, 2.24) is 10.1 Å². The van der Waals surface area contributed by atoms with Gasteiger partial charge in [-0.2, -0.15) is 4.98 Å². The van der Waals surface area contributed by atoms with Gasteiger partial charge in [-0.3, -0.25) is 0 Å². The van der Waals surface area contributed by atoms with E-state index in [9.17, 15) is 4.39 Å². The molecule has 0 saturated carbocycles. The Kier molecular flexibility index (Phi) is 4.68. The Morgan fingerprint density at radius 3 is 2.95 bits per heavy atom. The highest BCUT2D eigenvalue weighted by Gasteiger charge is 2.16. The molecule has 1 atom stereocenters. The van der Waals surface area contributed by atoms with E-state index in [1.807, 2.05) is 6.92 Å². The maximum Gasteiger partial charge on any atom is 0.229 e. The number of benzene rings is 1. The van der Waals surface area contributed by atoms with Gasteiger partial charge >= 0.3 is 0 Å². The van der Waals surface area contributed by atoms with Crippen LogP contribution in [0.15, 0.2) is 22.7 Å². The van der Waals surface area contributed by atoms with Gasteiger partial charge < -0.3 is 15.0 Å². The smallest absolute Gasteiger partial charge is 0.229 e. The van der Waals surface area contributed by atoms with Gasteiger partial charge in [0.05, 0.1) is 7.11 Å². The van der Waals surface area contributed by atoms with Gasteiger partial charge in [-0.25, -0.2) is 4.39 Å². The predicted octanol–water partition coefficient (Wildman–Crippen LogP) is 2.73. The number of nitrogens with two attached hydrogens (primary N) is 1. The summed E-state index contributed by atoms with van der Waals surface area (Å²) in [5.41, 5.74) is 6.14. The zero-order valence-corrected chi connectivity index (χ0v) is 11.6. The van der Waals surface area contributed by atoms with Gasteiger partial charge in [-0.05, 0) is 37.6 Å². The number of hydrogen-bond donors (Lipinski definition) is 1. The summed E-state index contributed by atoms with van der Waals surface area (Å²) in [6.45, 7) is 2.65. The standard InChI is InChI=1S/C14H18FN3O2/c1-9(4-3-7-16)14-17-13(18-20-14)10-5-6-11(15)12(8-10)19-2/h5-6,8-9H,3-4,7,16H2,1-2H3. The summed E-state index contributed by atoms with van der Waals surface area (Å²) in [5.74, 6) is 0.887. The van der Waals surface area contributed by atoms with E-state index in [-0.39, 0.29) is 11.7 Å². The van der Waals surface area contributed by atoms with E-state index in [2.05, 4.69) is 10.1 Å². The lowest BCUT2D eigenvalue weighted by molar-refractivity contribution is 0.352. The number of nitrogens with zero attached hydrogens (tertiary/aromatic N) is 2. The number of rotatable bonds is 6. The van der Waals surface area contributed by atoms with Crippen molar-refractivity contribution in [3.05, 3.63) is 29.9 Å². The molecule has 2 aromatic rings. The molecule has 0 radical (unpaired) electrons. The molecule has 0 fully saturated rings. The summed E-state index contributed by atoms with van der Waals surface area (Å²) >= 11 is 0. The van der Waals surface area contributed by atoms with E-state index in [4.69, 9.17) is 15.0 Å². The van der Waals surface area contributed by atoms with Crippen LogP contribution in [0.5, 0.6) is 5.75 Å². The monoisotopic (exact) mass is 279 g/mol. The van der Waals surface area contributed by atoms with E-state index in [1.54, 1.807) is 12.1 Å². The van der Waals surface area contributed by atoms with Gasteiger partial charge in [0.25, 0.3) is 0 Å². The highest BCUT2D eigenvalue weighted by Crippen LogP contribution is 2.26. The first-order valence-electron chi connectivity index (χ1n) is 6.53. The van der Waals surface area contributed by atoms with Crippen LogP contribution in [0.2, 0.25) is 0 Å². The summed E-state index contributed by atoms with van der Waals surface area (Å²) in [4.78, 5) is 4.34. The van der Waals surface area contributed by atoms with Crippen LogP contribution in [0, 0.1) is 5.82 Å². The number of hydrogen-bond acceptors (Lipinski definition) is 5. The van der Waals surface area contributed by atoms with Crippen molar-refractivity contribution in [2.75, 3.05) is 13.7 Å². The lowest BCUT2D eigenvalue weighted by atomic mass is 10.1. The molecule has 6 heteroatoms. The Hall–Kier alpha value is -1.95. The van der Waals surface area contributed by atoms with Gasteiger partial charge in [0.15, 0.2) is 11.6 Å². The zero-order valence-electron chi connectivity index (χ0n) is 11.6. The number of ether oxygens (including phenoxy) is 1. The molecule has 1 unspecified atom stereocenters. The molecular weight excluding hydrogens is 261 g/mol. The Bertz CT molecular complexity index is 571. The highest BCUT2D eigenvalue weighted by atomic mass is 19.1. The molecule has 0 saturated heterocycles. The van der Waals surface area contributed by atoms with Crippen LogP contribution >= 0.6 is 0 Å². The third-order valence-electron chi connectivity index (χ3n) is 3.11. The van der Waals surface area contributed by atoms with E-state index >= 15 is 0 Å². The van der Waals surface area contributed by atoms with E-state index < -0.39 is 5.82 Å². The Morgan fingerprint density at radius 2 is 2.25 bits per heavy atom. The van der Waals surface area contributed by atoms with Gasteiger partial charge in [-0.1, -0.05) is 12.1 Å². The predicted molar refractivity (Wildman–Crippen MR) is 72.9 cm³/mol. The maximum absolute atomic E-state index is 13.4. The zero-order chi connectivity index (χ0) is 14.5. The average molecular weight is 279 g/mol. The lowest BCUT2D eigenvalue weighted by Gasteiger charge is -2.04. The maximum atomic E-state index is 13.4. The van der Waals surface area contributed by atoms with Crippen molar-refractivity contribution in [1.29, 1.82) is 0 Å². The average Bonchev–Trinajstić information content (AvgIpc) is 2.95. The molecule has 1 aromatic heterocycles. The molecule has 0 spiro atoms. The summed E-state index contributed by atoms with van der Waals surface area (Å²) in [6, 6.07) is 4.47. The summed E-state index contributed by atoms with van der Waals surface area (Å²) in [7, 11) is 1.42. The van der Waals surface area contributed by atoms with Gasteiger partial charge in [0.2, 0.25) is 11.7 Å². The Balaban J connectivity index is 2.20. The van der Waals surface area contributed by atoms with Crippen molar-refractivity contribution in [3.8, 4) is 17.1 Å². The number of halogens is 1. The first kappa shape index (κ1) is 14.5. The van der Waals surface area contributed by atoms with E-state index in [0.29, 0.717) is 23.8 Å². The molecule has 108 valence electrons. The molecule has 2 rings (SSSR count). The first-order valence-corrected chi connectivity index (χ1v) is 6.53. The molecule has 1 heterocycles. The van der Waals surface area contributed by atoms with Crippen LogP contribution in [0.4, 0.5) is 4.39 Å². The molecule has 20 heavy (non-hydrogen) atoms. The first-order chi connectivity index (χ1) is 9.65. The lowest BCUT2D eigenvalue weighted by Crippen LogP contribution is -2.02. The van der Waals surface area contributed by atoms with Crippen molar-refractivity contribution >= 4 is 0 Å². The normalized spacial score (nSPS) is 12.4. The fourth-order valence-corrected chi connectivity index (χ4v) is 1.90. The van der Waals surface area contributed by atoms with Crippen LogP contribution in [-0.4, -0.2) is 23.8 Å². The van der Waals surface area contributed by atoms with Crippen LogP contribution < -0.4 is 10.5 Å². The summed E-state index contributed by atoms with van der Waals surface area (Å²) < 4.78 is 23.5. The second-order valence-electron chi connectivity index (χ2n) is 4.64. The van der Waals surface area contributed by atoms with Gasteiger partial charge in [0.1, 0.15) is 0 Å². The molecule has 0 bridgehead atoms. The largest absolute Gasteiger partial charge is 0.494 e. The molecule has 5 nitrogen and oxygen atoms in total. The molecule has 0 aliphatic heterocycles. The minimum atomic E-state index is -0.420. The summed E-state index contributed by atoms with van der Waals surface area (Å²) in [5, 5.41) is 3.93. The molecule has 0 aliphatic rings. The van der Waals surface area contributed by atoms with Crippen LogP contribution in [0.1, 0.15) is 31.6 Å². The fraction of sp³-hybridized carbons (Fsp3) is 0.429. The second-order valence-corrected chi connectivity index (χ2v) is 4.64. The topological polar surface area (TPSA) is 74.2 Å². The highest BCUT2D eigenvalue weighted by molar-refractivity contribution is 5.57. The van der Waals surface area contributed by atoms with E-state index in [1.165, 1.54) is 13.2 Å². The van der Waals surface area contributed by atoms with Crippen molar-refractivity contribution in [2.45, 2.75) is 25.7 Å². The molecule has 1 aromatic carbocycles. The third kappa shape index (κ3) is 3.14.